The van der Waals surface area contributed by atoms with E-state index in [0.717, 1.165) is 16.1 Å². The number of aromatic nitrogens is 1. The molecule has 3 rings (SSSR count). The molecule has 0 saturated heterocycles. The van der Waals surface area contributed by atoms with E-state index in [4.69, 9.17) is 11.6 Å². The summed E-state index contributed by atoms with van der Waals surface area (Å²) in [6.45, 7) is 2.01. The predicted octanol–water partition coefficient (Wildman–Crippen LogP) is 5.23. The number of nitrogens with zero attached hydrogens (tertiary/aromatic N) is 2. The maximum Gasteiger partial charge on any atom is 0.209 e. The Morgan fingerprint density at radius 2 is 1.86 bits per heavy atom. The van der Waals surface area contributed by atoms with E-state index in [1.54, 1.807) is 24.4 Å². The Balaban J connectivity index is 1.89. The molecular weight excluding hydrogens is 316 g/mol. The lowest BCUT2D eigenvalue weighted by Gasteiger charge is -1.98. The molecule has 110 valence electrons. The summed E-state index contributed by atoms with van der Waals surface area (Å²) in [4.78, 5) is 10.00. The van der Waals surface area contributed by atoms with Gasteiger partial charge in [-0.1, -0.05) is 47.2 Å². The van der Waals surface area contributed by atoms with Crippen molar-refractivity contribution >= 4 is 34.3 Å². The number of phenolic OH excluding ortho intramolecular Hbond substituents is 1. The number of thiazole rings is 1. The standard InChI is InChI=1S/C17H13ClN2OS/c1-11-16(12-6-8-14(18)9-7-12)20-17(22-11)19-10-13-4-2-3-5-15(13)21/h2-10,21H,1H3/b19-10+. The molecule has 0 radical (unpaired) electrons. The summed E-state index contributed by atoms with van der Waals surface area (Å²) in [5.41, 5.74) is 2.59. The van der Waals surface area contributed by atoms with Crippen molar-refractivity contribution in [3.8, 4) is 17.0 Å². The highest BCUT2D eigenvalue weighted by Gasteiger charge is 2.09. The van der Waals surface area contributed by atoms with Crippen LogP contribution in [0.4, 0.5) is 5.13 Å². The average molecular weight is 329 g/mol. The average Bonchev–Trinajstić information content (AvgIpc) is 2.88. The Kier molecular flexibility index (Phi) is 4.22. The molecule has 0 atom stereocenters. The van der Waals surface area contributed by atoms with Gasteiger partial charge in [-0.05, 0) is 31.2 Å². The second-order valence-electron chi connectivity index (χ2n) is 4.73. The van der Waals surface area contributed by atoms with Crippen LogP contribution < -0.4 is 0 Å². The normalized spacial score (nSPS) is 11.2. The van der Waals surface area contributed by atoms with E-state index in [1.807, 2.05) is 37.3 Å². The maximum absolute atomic E-state index is 9.73. The zero-order valence-electron chi connectivity index (χ0n) is 11.8. The summed E-state index contributed by atoms with van der Waals surface area (Å²) in [6.07, 6.45) is 1.62. The number of aliphatic imine (C=N–C) groups is 1. The molecule has 1 heterocycles. The molecule has 0 aliphatic rings. The molecule has 0 saturated carbocycles. The minimum Gasteiger partial charge on any atom is -0.507 e. The van der Waals surface area contributed by atoms with E-state index in [-0.39, 0.29) is 5.75 Å². The molecule has 0 spiro atoms. The summed E-state index contributed by atoms with van der Waals surface area (Å²) >= 11 is 7.43. The van der Waals surface area contributed by atoms with E-state index < -0.39 is 0 Å². The molecule has 0 amide bonds. The first-order valence-corrected chi connectivity index (χ1v) is 7.88. The molecule has 0 bridgehead atoms. The first-order valence-electron chi connectivity index (χ1n) is 6.69. The SMILES string of the molecule is Cc1sc(/N=C/c2ccccc2O)nc1-c1ccc(Cl)cc1. The van der Waals surface area contributed by atoms with E-state index in [2.05, 4.69) is 9.98 Å². The van der Waals surface area contributed by atoms with Gasteiger partial charge in [0, 0.05) is 27.2 Å². The minimum absolute atomic E-state index is 0.206. The van der Waals surface area contributed by atoms with Crippen molar-refractivity contribution in [2.24, 2.45) is 4.99 Å². The lowest BCUT2D eigenvalue weighted by molar-refractivity contribution is 0.474. The van der Waals surface area contributed by atoms with Crippen molar-refractivity contribution in [2.75, 3.05) is 0 Å². The van der Waals surface area contributed by atoms with Crippen LogP contribution in [0.2, 0.25) is 5.02 Å². The number of aryl methyl sites for hydroxylation is 1. The number of rotatable bonds is 3. The molecule has 0 unspecified atom stereocenters. The number of hydrogen-bond donors (Lipinski definition) is 1. The summed E-state index contributed by atoms with van der Waals surface area (Å²) in [5, 5.41) is 11.1. The van der Waals surface area contributed by atoms with Gasteiger partial charge >= 0.3 is 0 Å². The molecule has 1 N–H and O–H groups in total. The van der Waals surface area contributed by atoms with Crippen LogP contribution in [0.25, 0.3) is 11.3 Å². The smallest absolute Gasteiger partial charge is 0.209 e. The van der Waals surface area contributed by atoms with Crippen molar-refractivity contribution in [3.63, 3.8) is 0 Å². The van der Waals surface area contributed by atoms with Crippen LogP contribution in [0, 0.1) is 6.92 Å². The molecule has 0 aliphatic heterocycles. The Morgan fingerprint density at radius 1 is 1.14 bits per heavy atom. The number of aromatic hydroxyl groups is 1. The van der Waals surface area contributed by atoms with Gasteiger partial charge in [0.1, 0.15) is 5.75 Å². The van der Waals surface area contributed by atoms with Gasteiger partial charge in [-0.2, -0.15) is 0 Å². The van der Waals surface area contributed by atoms with Gasteiger partial charge in [-0.3, -0.25) is 0 Å². The fraction of sp³-hybridized carbons (Fsp3) is 0.0588. The van der Waals surface area contributed by atoms with Crippen LogP contribution in [0.3, 0.4) is 0 Å². The number of para-hydroxylation sites is 1. The number of halogens is 1. The van der Waals surface area contributed by atoms with Gasteiger partial charge in [-0.15, -0.1) is 0 Å². The number of benzene rings is 2. The van der Waals surface area contributed by atoms with Gasteiger partial charge in [0.05, 0.1) is 5.69 Å². The fourth-order valence-corrected chi connectivity index (χ4v) is 2.94. The predicted molar refractivity (Wildman–Crippen MR) is 92.7 cm³/mol. The fourth-order valence-electron chi connectivity index (χ4n) is 2.03. The highest BCUT2D eigenvalue weighted by molar-refractivity contribution is 7.15. The monoisotopic (exact) mass is 328 g/mol. The zero-order valence-corrected chi connectivity index (χ0v) is 13.4. The van der Waals surface area contributed by atoms with Crippen LogP contribution in [-0.4, -0.2) is 16.3 Å². The van der Waals surface area contributed by atoms with E-state index in [1.165, 1.54) is 11.3 Å². The first kappa shape index (κ1) is 14.8. The number of phenols is 1. The topological polar surface area (TPSA) is 45.5 Å². The minimum atomic E-state index is 0.206. The Morgan fingerprint density at radius 3 is 2.59 bits per heavy atom. The molecule has 5 heteroatoms. The number of hydrogen-bond acceptors (Lipinski definition) is 4. The Labute approximate surface area is 137 Å². The van der Waals surface area contributed by atoms with Gasteiger partial charge in [0.25, 0.3) is 0 Å². The lowest BCUT2D eigenvalue weighted by Crippen LogP contribution is -1.81. The molecule has 2 aromatic carbocycles. The van der Waals surface area contributed by atoms with E-state index >= 15 is 0 Å². The Hall–Kier alpha value is -2.17. The highest BCUT2D eigenvalue weighted by atomic mass is 35.5. The summed E-state index contributed by atoms with van der Waals surface area (Å²) in [6, 6.07) is 14.7. The molecule has 0 aliphatic carbocycles. The van der Waals surface area contributed by atoms with Crippen LogP contribution >= 0.6 is 22.9 Å². The lowest BCUT2D eigenvalue weighted by atomic mass is 10.1. The zero-order chi connectivity index (χ0) is 15.5. The van der Waals surface area contributed by atoms with Crippen molar-refractivity contribution in [3.05, 3.63) is 64.0 Å². The quantitative estimate of drug-likeness (QED) is 0.669. The van der Waals surface area contributed by atoms with Gasteiger partial charge in [0.15, 0.2) is 0 Å². The van der Waals surface area contributed by atoms with Crippen LogP contribution in [0.1, 0.15) is 10.4 Å². The largest absolute Gasteiger partial charge is 0.507 e. The van der Waals surface area contributed by atoms with Crippen molar-refractivity contribution in [1.82, 2.24) is 4.98 Å². The van der Waals surface area contributed by atoms with E-state index in [9.17, 15) is 5.11 Å². The summed E-state index contributed by atoms with van der Waals surface area (Å²) < 4.78 is 0. The molecule has 22 heavy (non-hydrogen) atoms. The third kappa shape index (κ3) is 3.18. The van der Waals surface area contributed by atoms with Crippen molar-refractivity contribution in [1.29, 1.82) is 0 Å². The second-order valence-corrected chi connectivity index (χ2v) is 6.34. The third-order valence-corrected chi connectivity index (χ3v) is 4.28. The summed E-state index contributed by atoms with van der Waals surface area (Å²) in [7, 11) is 0. The first-order chi connectivity index (χ1) is 10.6. The molecule has 3 nitrogen and oxygen atoms in total. The van der Waals surface area contributed by atoms with Gasteiger partial charge in [-0.25, -0.2) is 9.98 Å². The van der Waals surface area contributed by atoms with Crippen molar-refractivity contribution in [2.45, 2.75) is 6.92 Å². The second kappa shape index (κ2) is 6.30. The molecule has 1 aromatic heterocycles. The van der Waals surface area contributed by atoms with Crippen molar-refractivity contribution < 1.29 is 5.11 Å². The Bertz CT molecular complexity index is 825. The molecule has 0 fully saturated rings. The third-order valence-electron chi connectivity index (χ3n) is 3.15. The van der Waals surface area contributed by atoms with Gasteiger partial charge < -0.3 is 5.11 Å². The van der Waals surface area contributed by atoms with Crippen LogP contribution in [0.15, 0.2) is 53.5 Å². The van der Waals surface area contributed by atoms with Gasteiger partial charge in [0.2, 0.25) is 5.13 Å². The van der Waals surface area contributed by atoms with Crippen LogP contribution in [-0.2, 0) is 0 Å². The van der Waals surface area contributed by atoms with E-state index in [0.29, 0.717) is 15.7 Å². The summed E-state index contributed by atoms with van der Waals surface area (Å²) in [5.74, 6) is 0.206. The highest BCUT2D eigenvalue weighted by Crippen LogP contribution is 2.32. The maximum atomic E-state index is 9.73. The molecular formula is C17H13ClN2OS. The van der Waals surface area contributed by atoms with Crippen LogP contribution in [0.5, 0.6) is 5.75 Å². The molecule has 3 aromatic rings.